The Morgan fingerprint density at radius 3 is 2.58 bits per heavy atom. The van der Waals surface area contributed by atoms with Crippen molar-refractivity contribution in [2.75, 3.05) is 18.8 Å². The van der Waals surface area contributed by atoms with Crippen molar-refractivity contribution in [3.63, 3.8) is 0 Å². The highest BCUT2D eigenvalue weighted by molar-refractivity contribution is 8.03. The highest BCUT2D eigenvalue weighted by Gasteiger charge is 2.29. The molecule has 0 aliphatic carbocycles. The third-order valence-corrected chi connectivity index (χ3v) is 5.02. The largest absolute Gasteiger partial charge is 0.343 e. The molecule has 0 radical (unpaired) electrons. The molecular weight excluding hydrogens is 322 g/mol. The summed E-state index contributed by atoms with van der Waals surface area (Å²) in [6, 6.07) is 11.8. The Hall–Kier alpha value is -2.26. The average Bonchev–Trinajstić information content (AvgIpc) is 2.61. The smallest absolute Gasteiger partial charge is 0.232 e. The highest BCUT2D eigenvalue weighted by Crippen LogP contribution is 2.35. The molecular formula is C18H21N3O2S. The van der Waals surface area contributed by atoms with Gasteiger partial charge in [0.2, 0.25) is 11.8 Å². The summed E-state index contributed by atoms with van der Waals surface area (Å²) < 4.78 is 0. The van der Waals surface area contributed by atoms with Gasteiger partial charge in [0.1, 0.15) is 0 Å². The summed E-state index contributed by atoms with van der Waals surface area (Å²) in [5.74, 6) is -0.160. The maximum absolute atomic E-state index is 12.2. The van der Waals surface area contributed by atoms with E-state index in [1.807, 2.05) is 44.2 Å². The van der Waals surface area contributed by atoms with Crippen molar-refractivity contribution in [2.24, 2.45) is 0 Å². The Morgan fingerprint density at radius 2 is 2.00 bits per heavy atom. The lowest BCUT2D eigenvalue weighted by atomic mass is 9.87. The lowest BCUT2D eigenvalue weighted by Gasteiger charge is -2.25. The van der Waals surface area contributed by atoms with Crippen LogP contribution >= 0.6 is 11.8 Å². The van der Waals surface area contributed by atoms with Gasteiger partial charge in [-0.1, -0.05) is 42.1 Å². The summed E-state index contributed by atoms with van der Waals surface area (Å²) in [7, 11) is 0. The van der Waals surface area contributed by atoms with Crippen LogP contribution < -0.4 is 5.32 Å². The lowest BCUT2D eigenvalue weighted by Crippen LogP contribution is -2.34. The predicted molar refractivity (Wildman–Crippen MR) is 95.0 cm³/mol. The number of rotatable bonds is 6. The standard InChI is InChI=1S/C18H21N3O2S/c1-3-21(4-2)17(23)12-24-18-15(11-19)14(10-16(22)20-18)13-8-6-5-7-9-13/h5-9,14H,3-4,10,12H2,1-2H3,(H,20,22)/t14-/m1/s1. The topological polar surface area (TPSA) is 73.2 Å². The first kappa shape index (κ1) is 18.1. The minimum Gasteiger partial charge on any atom is -0.343 e. The van der Waals surface area contributed by atoms with Crippen LogP contribution in [0.25, 0.3) is 0 Å². The van der Waals surface area contributed by atoms with Gasteiger partial charge in [-0.05, 0) is 19.4 Å². The third-order valence-electron chi connectivity index (χ3n) is 4.01. The molecule has 24 heavy (non-hydrogen) atoms. The van der Waals surface area contributed by atoms with E-state index in [0.717, 1.165) is 5.56 Å². The van der Waals surface area contributed by atoms with Crippen LogP contribution in [-0.4, -0.2) is 35.6 Å². The molecule has 0 saturated carbocycles. The Morgan fingerprint density at radius 1 is 1.33 bits per heavy atom. The lowest BCUT2D eigenvalue weighted by molar-refractivity contribution is -0.128. The summed E-state index contributed by atoms with van der Waals surface area (Å²) in [6.07, 6.45) is 0.251. The number of hydrogen-bond donors (Lipinski definition) is 1. The van der Waals surface area contributed by atoms with Crippen molar-refractivity contribution in [1.82, 2.24) is 10.2 Å². The van der Waals surface area contributed by atoms with Gasteiger partial charge in [0.25, 0.3) is 0 Å². The summed E-state index contributed by atoms with van der Waals surface area (Å²) >= 11 is 1.23. The molecule has 2 rings (SSSR count). The van der Waals surface area contributed by atoms with E-state index < -0.39 is 0 Å². The van der Waals surface area contributed by atoms with Crippen molar-refractivity contribution in [1.29, 1.82) is 5.26 Å². The molecule has 1 N–H and O–H groups in total. The highest BCUT2D eigenvalue weighted by atomic mass is 32.2. The van der Waals surface area contributed by atoms with Crippen molar-refractivity contribution in [3.8, 4) is 6.07 Å². The summed E-state index contributed by atoms with van der Waals surface area (Å²) in [5, 5.41) is 12.8. The van der Waals surface area contributed by atoms with E-state index in [2.05, 4.69) is 11.4 Å². The van der Waals surface area contributed by atoms with Gasteiger partial charge in [-0.3, -0.25) is 9.59 Å². The van der Waals surface area contributed by atoms with Gasteiger partial charge in [-0.15, -0.1) is 0 Å². The molecule has 0 aromatic heterocycles. The number of hydrogen-bond acceptors (Lipinski definition) is 4. The maximum atomic E-state index is 12.2. The quantitative estimate of drug-likeness (QED) is 0.862. The Bertz CT molecular complexity index is 675. The number of benzene rings is 1. The Balaban J connectivity index is 2.22. The van der Waals surface area contributed by atoms with Crippen LogP contribution in [-0.2, 0) is 9.59 Å². The molecule has 1 aromatic carbocycles. The fourth-order valence-corrected chi connectivity index (χ4v) is 3.68. The number of nitrogens with zero attached hydrogens (tertiary/aromatic N) is 2. The molecule has 0 fully saturated rings. The van der Waals surface area contributed by atoms with Crippen LogP contribution in [0.4, 0.5) is 0 Å². The van der Waals surface area contributed by atoms with E-state index in [9.17, 15) is 14.9 Å². The van der Waals surface area contributed by atoms with Crippen LogP contribution in [0.15, 0.2) is 40.9 Å². The minimum absolute atomic E-state index is 0.00544. The SMILES string of the molecule is CCN(CC)C(=O)CSC1=C(C#N)[C@@H](c2ccccc2)CC(=O)N1. The number of amides is 2. The molecule has 0 saturated heterocycles. The van der Waals surface area contributed by atoms with E-state index in [0.29, 0.717) is 23.7 Å². The molecule has 1 aliphatic rings. The third kappa shape index (κ3) is 4.18. The van der Waals surface area contributed by atoms with E-state index in [4.69, 9.17) is 0 Å². The second-order valence-corrected chi connectivity index (χ2v) is 6.41. The fraction of sp³-hybridized carbons (Fsp3) is 0.389. The first-order chi connectivity index (χ1) is 11.6. The van der Waals surface area contributed by atoms with E-state index >= 15 is 0 Å². The maximum Gasteiger partial charge on any atom is 0.232 e. The van der Waals surface area contributed by atoms with Crippen molar-refractivity contribution in [2.45, 2.75) is 26.2 Å². The number of thioether (sulfide) groups is 1. The van der Waals surface area contributed by atoms with Gasteiger partial charge in [0, 0.05) is 25.4 Å². The Labute approximate surface area is 146 Å². The zero-order valence-corrected chi connectivity index (χ0v) is 14.7. The number of carbonyl (C=O) groups excluding carboxylic acids is 2. The molecule has 0 bridgehead atoms. The number of carbonyl (C=O) groups is 2. The summed E-state index contributed by atoms with van der Waals surface area (Å²) in [4.78, 5) is 25.9. The fourth-order valence-electron chi connectivity index (χ4n) is 2.70. The van der Waals surface area contributed by atoms with Crippen LogP contribution in [0.1, 0.15) is 31.7 Å². The molecule has 0 spiro atoms. The van der Waals surface area contributed by atoms with Crippen molar-refractivity contribution < 1.29 is 9.59 Å². The number of nitrogens with one attached hydrogen (secondary N) is 1. The van der Waals surface area contributed by atoms with E-state index in [1.165, 1.54) is 11.8 Å². The van der Waals surface area contributed by atoms with Gasteiger partial charge in [0.05, 0.1) is 22.4 Å². The molecule has 0 unspecified atom stereocenters. The molecule has 1 aliphatic heterocycles. The Kier molecular flexibility index (Phi) is 6.44. The van der Waals surface area contributed by atoms with Gasteiger partial charge < -0.3 is 10.2 Å². The first-order valence-corrected chi connectivity index (χ1v) is 8.98. The van der Waals surface area contributed by atoms with Crippen LogP contribution in [0.5, 0.6) is 0 Å². The van der Waals surface area contributed by atoms with E-state index in [1.54, 1.807) is 4.90 Å². The van der Waals surface area contributed by atoms with Crippen LogP contribution in [0.3, 0.4) is 0 Å². The zero-order chi connectivity index (χ0) is 17.5. The van der Waals surface area contributed by atoms with Crippen molar-refractivity contribution in [3.05, 3.63) is 46.5 Å². The molecule has 2 amide bonds. The van der Waals surface area contributed by atoms with Crippen molar-refractivity contribution >= 4 is 23.6 Å². The second kappa shape index (κ2) is 8.55. The predicted octanol–water partition coefficient (Wildman–Crippen LogP) is 2.63. The first-order valence-electron chi connectivity index (χ1n) is 8.00. The molecule has 6 heteroatoms. The molecule has 126 valence electrons. The van der Waals surface area contributed by atoms with Gasteiger partial charge in [-0.25, -0.2) is 0 Å². The van der Waals surface area contributed by atoms with Gasteiger partial charge in [-0.2, -0.15) is 5.26 Å². The molecule has 1 aromatic rings. The average molecular weight is 343 g/mol. The zero-order valence-electron chi connectivity index (χ0n) is 13.9. The monoisotopic (exact) mass is 343 g/mol. The molecule has 1 heterocycles. The number of nitriles is 1. The van der Waals surface area contributed by atoms with Crippen LogP contribution in [0, 0.1) is 11.3 Å². The summed E-state index contributed by atoms with van der Waals surface area (Å²) in [5.41, 5.74) is 1.47. The molecule has 5 nitrogen and oxygen atoms in total. The van der Waals surface area contributed by atoms with Gasteiger partial charge in [0.15, 0.2) is 0 Å². The van der Waals surface area contributed by atoms with Gasteiger partial charge >= 0.3 is 0 Å². The molecule has 1 atom stereocenters. The minimum atomic E-state index is -0.254. The summed E-state index contributed by atoms with van der Waals surface area (Å²) in [6.45, 7) is 5.16. The second-order valence-electron chi connectivity index (χ2n) is 5.42. The van der Waals surface area contributed by atoms with Crippen LogP contribution in [0.2, 0.25) is 0 Å². The normalized spacial score (nSPS) is 17.2. The van der Waals surface area contributed by atoms with E-state index in [-0.39, 0.29) is 29.9 Å². The number of allylic oxidation sites excluding steroid dienone is 1.